The lowest BCUT2D eigenvalue weighted by Crippen LogP contribution is -2.34. The molecule has 3 aromatic rings. The molecule has 0 saturated heterocycles. The molecule has 0 atom stereocenters. The topological polar surface area (TPSA) is 79.8 Å². The number of aromatic nitrogens is 1. The van der Waals surface area contributed by atoms with E-state index in [1.54, 1.807) is 50.1 Å². The second-order valence-corrected chi connectivity index (χ2v) is 12.4. The lowest BCUT2D eigenvalue weighted by molar-refractivity contribution is -0.118. The Bertz CT molecular complexity index is 1250. The van der Waals surface area contributed by atoms with Gasteiger partial charge in [0.2, 0.25) is 5.91 Å². The number of rotatable bonds is 10. The van der Waals surface area contributed by atoms with E-state index in [-0.39, 0.29) is 17.2 Å². The Morgan fingerprint density at radius 1 is 1.09 bits per heavy atom. The van der Waals surface area contributed by atoms with Crippen molar-refractivity contribution in [2.24, 2.45) is 0 Å². The summed E-state index contributed by atoms with van der Waals surface area (Å²) in [6.45, 7) is 6.73. The maximum Gasteiger partial charge on any atom is 0.233 e. The van der Waals surface area contributed by atoms with Crippen LogP contribution in [0.15, 0.2) is 41.3 Å². The summed E-state index contributed by atoms with van der Waals surface area (Å²) in [6, 6.07) is 10.5. The molecule has 0 radical (unpaired) electrons. The molecule has 1 aromatic heterocycles. The number of aryl methyl sites for hydroxylation is 1. The van der Waals surface area contributed by atoms with Gasteiger partial charge in [0, 0.05) is 6.54 Å². The van der Waals surface area contributed by atoms with E-state index in [0.717, 1.165) is 34.3 Å². The second kappa shape index (κ2) is 10.8. The van der Waals surface area contributed by atoms with Crippen molar-refractivity contribution in [3.8, 4) is 5.75 Å². The molecule has 2 aromatic carbocycles. The Hall–Kier alpha value is -2.49. The molecule has 0 aliphatic rings. The van der Waals surface area contributed by atoms with Crippen LogP contribution in [0, 0.1) is 6.92 Å². The predicted molar refractivity (Wildman–Crippen MR) is 139 cm³/mol. The summed E-state index contributed by atoms with van der Waals surface area (Å²) in [4.78, 5) is 22.3. The van der Waals surface area contributed by atoms with Gasteiger partial charge in [0.25, 0.3) is 0 Å². The minimum Gasteiger partial charge on any atom is -0.494 e. The maximum atomic E-state index is 13.4. The van der Waals surface area contributed by atoms with Gasteiger partial charge in [0.1, 0.15) is 11.3 Å². The van der Waals surface area contributed by atoms with Crippen LogP contribution in [0.4, 0.5) is 5.13 Å². The van der Waals surface area contributed by atoms with Gasteiger partial charge in [0.05, 0.1) is 28.4 Å². The van der Waals surface area contributed by atoms with Crippen molar-refractivity contribution in [2.45, 2.75) is 43.8 Å². The van der Waals surface area contributed by atoms with Gasteiger partial charge in [0.15, 0.2) is 15.0 Å². The van der Waals surface area contributed by atoms with E-state index in [1.807, 2.05) is 33.2 Å². The number of fused-ring (bicyclic) bond motifs is 1. The smallest absolute Gasteiger partial charge is 0.233 e. The van der Waals surface area contributed by atoms with Gasteiger partial charge in [-0.15, -0.1) is 0 Å². The monoisotopic (exact) mass is 503 g/mol. The summed E-state index contributed by atoms with van der Waals surface area (Å²) in [7, 11) is 2.28. The largest absolute Gasteiger partial charge is 0.494 e. The highest BCUT2D eigenvalue weighted by Crippen LogP contribution is 2.36. The zero-order valence-electron chi connectivity index (χ0n) is 20.7. The second-order valence-electron chi connectivity index (χ2n) is 8.88. The number of amides is 1. The summed E-state index contributed by atoms with van der Waals surface area (Å²) in [5.41, 5.74) is 2.61. The number of thiazole rings is 1. The number of carbonyl (C=O) groups is 1. The minimum atomic E-state index is -3.35. The molecule has 0 fully saturated rings. The van der Waals surface area contributed by atoms with E-state index >= 15 is 0 Å². The Labute approximate surface area is 206 Å². The first-order valence-corrected chi connectivity index (χ1v) is 13.6. The molecular weight excluding hydrogens is 470 g/mol. The number of ether oxygens (including phenoxy) is 1. The number of hydrogen-bond acceptors (Lipinski definition) is 7. The third-order valence-electron chi connectivity index (χ3n) is 5.66. The summed E-state index contributed by atoms with van der Waals surface area (Å²) in [5.74, 6) is 0.611. The van der Waals surface area contributed by atoms with E-state index in [2.05, 4.69) is 4.90 Å². The van der Waals surface area contributed by atoms with Crippen molar-refractivity contribution in [1.82, 2.24) is 9.88 Å². The van der Waals surface area contributed by atoms with Crippen molar-refractivity contribution in [3.63, 3.8) is 0 Å². The SMILES string of the molecule is COc1ccc(C)c2sc(N(CCCN(C)C)C(=O)Cc3ccc(S(=O)(=O)C(C)C)cc3)nc12. The Morgan fingerprint density at radius 3 is 2.35 bits per heavy atom. The first kappa shape index (κ1) is 26.1. The van der Waals surface area contributed by atoms with Crippen LogP contribution in [0.5, 0.6) is 5.75 Å². The summed E-state index contributed by atoms with van der Waals surface area (Å²) in [6.07, 6.45) is 0.965. The van der Waals surface area contributed by atoms with E-state index < -0.39 is 15.1 Å². The molecule has 0 aliphatic carbocycles. The number of sulfone groups is 1. The molecule has 34 heavy (non-hydrogen) atoms. The number of hydrogen-bond donors (Lipinski definition) is 0. The van der Waals surface area contributed by atoms with Gasteiger partial charge < -0.3 is 9.64 Å². The number of benzene rings is 2. The van der Waals surface area contributed by atoms with Gasteiger partial charge in [-0.1, -0.05) is 29.5 Å². The summed E-state index contributed by atoms with van der Waals surface area (Å²) < 4.78 is 31.3. The number of carbonyl (C=O) groups excluding carboxylic acids is 1. The van der Waals surface area contributed by atoms with E-state index in [1.165, 1.54) is 11.3 Å². The molecule has 1 heterocycles. The predicted octanol–water partition coefficient (Wildman–Crippen LogP) is 4.32. The fourth-order valence-corrected chi connectivity index (χ4v) is 5.74. The first-order valence-electron chi connectivity index (χ1n) is 11.3. The van der Waals surface area contributed by atoms with Gasteiger partial charge in [-0.2, -0.15) is 0 Å². The van der Waals surface area contributed by atoms with Crippen LogP contribution < -0.4 is 9.64 Å². The van der Waals surface area contributed by atoms with E-state index in [0.29, 0.717) is 17.4 Å². The van der Waals surface area contributed by atoms with Crippen LogP contribution in [0.2, 0.25) is 0 Å². The van der Waals surface area contributed by atoms with Gasteiger partial charge in [-0.05, 0) is 77.2 Å². The van der Waals surface area contributed by atoms with Gasteiger partial charge >= 0.3 is 0 Å². The van der Waals surface area contributed by atoms with Crippen molar-refractivity contribution in [2.75, 3.05) is 39.2 Å². The van der Waals surface area contributed by atoms with Crippen molar-refractivity contribution in [1.29, 1.82) is 0 Å². The molecule has 0 bridgehead atoms. The first-order chi connectivity index (χ1) is 16.0. The summed E-state index contributed by atoms with van der Waals surface area (Å²) in [5, 5.41) is 0.150. The maximum absolute atomic E-state index is 13.4. The highest BCUT2D eigenvalue weighted by atomic mass is 32.2. The third-order valence-corrected chi connectivity index (χ3v) is 9.04. The Morgan fingerprint density at radius 2 is 1.76 bits per heavy atom. The quantitative estimate of drug-likeness (QED) is 0.410. The minimum absolute atomic E-state index is 0.0751. The zero-order valence-corrected chi connectivity index (χ0v) is 22.3. The molecule has 0 aliphatic heterocycles. The number of anilines is 1. The van der Waals surface area contributed by atoms with Crippen molar-refractivity contribution >= 4 is 42.4 Å². The number of methoxy groups -OCH3 is 1. The van der Waals surface area contributed by atoms with Crippen LogP contribution in [0.25, 0.3) is 10.2 Å². The molecule has 0 unspecified atom stereocenters. The number of nitrogens with zero attached hydrogens (tertiary/aromatic N) is 3. The molecule has 0 saturated carbocycles. The molecular formula is C25H33N3O4S2. The summed E-state index contributed by atoms with van der Waals surface area (Å²) >= 11 is 1.49. The van der Waals surface area contributed by atoms with Crippen molar-refractivity contribution in [3.05, 3.63) is 47.5 Å². The van der Waals surface area contributed by atoms with Crippen LogP contribution in [-0.4, -0.2) is 63.8 Å². The highest BCUT2D eigenvalue weighted by molar-refractivity contribution is 7.92. The van der Waals surface area contributed by atoms with E-state index in [9.17, 15) is 13.2 Å². The standard InChI is InChI=1S/C25H33N3O4S2/c1-17(2)34(30,31)20-11-9-19(10-12-20)16-22(29)28(15-7-14-27(4)5)25-26-23-21(32-6)13-8-18(3)24(23)33-25/h8-13,17H,7,14-16H2,1-6H3. The molecule has 0 N–H and O–H groups in total. The van der Waals surface area contributed by atoms with Gasteiger partial charge in [-0.25, -0.2) is 13.4 Å². The fraction of sp³-hybridized carbons (Fsp3) is 0.440. The molecule has 3 rings (SSSR count). The molecule has 1 amide bonds. The molecule has 9 heteroatoms. The zero-order chi connectivity index (χ0) is 25.0. The van der Waals surface area contributed by atoms with Gasteiger partial charge in [-0.3, -0.25) is 9.69 Å². The molecule has 0 spiro atoms. The molecule has 7 nitrogen and oxygen atoms in total. The molecule has 184 valence electrons. The average Bonchev–Trinajstić information content (AvgIpc) is 3.23. The third kappa shape index (κ3) is 5.76. The van der Waals surface area contributed by atoms with Crippen LogP contribution in [0.3, 0.4) is 0 Å². The Balaban J connectivity index is 1.89. The van der Waals surface area contributed by atoms with E-state index in [4.69, 9.17) is 9.72 Å². The van der Waals surface area contributed by atoms with Crippen LogP contribution in [-0.2, 0) is 21.1 Å². The normalized spacial score (nSPS) is 12.0. The van der Waals surface area contributed by atoms with Crippen LogP contribution in [0.1, 0.15) is 31.4 Å². The van der Waals surface area contributed by atoms with Crippen molar-refractivity contribution < 1.29 is 17.9 Å². The fourth-order valence-electron chi connectivity index (χ4n) is 3.59. The lowest BCUT2D eigenvalue weighted by atomic mass is 10.1. The highest BCUT2D eigenvalue weighted by Gasteiger charge is 2.23. The lowest BCUT2D eigenvalue weighted by Gasteiger charge is -2.21. The van der Waals surface area contributed by atoms with Crippen LogP contribution >= 0.6 is 11.3 Å². The Kier molecular flexibility index (Phi) is 8.33. The average molecular weight is 504 g/mol.